The van der Waals surface area contributed by atoms with Crippen LogP contribution in [0.25, 0.3) is 0 Å². The van der Waals surface area contributed by atoms with Crippen molar-refractivity contribution in [1.29, 1.82) is 0 Å². The maximum Gasteiger partial charge on any atom is 0.256 e. The van der Waals surface area contributed by atoms with E-state index in [0.717, 1.165) is 11.4 Å². The van der Waals surface area contributed by atoms with Gasteiger partial charge in [0, 0.05) is 18.0 Å². The van der Waals surface area contributed by atoms with Gasteiger partial charge in [-0.1, -0.05) is 0 Å². The molecule has 1 aliphatic rings. The van der Waals surface area contributed by atoms with Gasteiger partial charge >= 0.3 is 0 Å². The molecule has 0 aromatic heterocycles. The van der Waals surface area contributed by atoms with Crippen LogP contribution < -0.4 is 9.64 Å². The van der Waals surface area contributed by atoms with Crippen molar-refractivity contribution in [3.05, 3.63) is 36.5 Å². The summed E-state index contributed by atoms with van der Waals surface area (Å²) in [5, 5.41) is 0. The Morgan fingerprint density at radius 3 is 2.31 bits per heavy atom. The number of carbonyl (C=O) groups is 1. The molecule has 3 heteroatoms. The molecule has 0 unspecified atom stereocenters. The monoisotopic (exact) mass is 175 g/mol. The number of hydrogen-bond donors (Lipinski definition) is 0. The molecule has 0 saturated carbocycles. The molecule has 0 bridgehead atoms. The quantitative estimate of drug-likeness (QED) is 0.682. The van der Waals surface area contributed by atoms with E-state index in [2.05, 4.69) is 0 Å². The van der Waals surface area contributed by atoms with Crippen molar-refractivity contribution in [2.75, 3.05) is 12.0 Å². The van der Waals surface area contributed by atoms with Crippen molar-refractivity contribution in [3.8, 4) is 5.75 Å². The van der Waals surface area contributed by atoms with Crippen LogP contribution in [0.4, 0.5) is 5.69 Å². The van der Waals surface area contributed by atoms with Crippen molar-refractivity contribution in [2.45, 2.75) is 0 Å². The van der Waals surface area contributed by atoms with Gasteiger partial charge in [-0.3, -0.25) is 9.69 Å². The van der Waals surface area contributed by atoms with Crippen molar-refractivity contribution >= 4 is 11.6 Å². The molecular weight excluding hydrogens is 166 g/mol. The third-order valence-corrected chi connectivity index (χ3v) is 1.95. The van der Waals surface area contributed by atoms with Crippen LogP contribution in [0, 0.1) is 0 Å². The fourth-order valence-electron chi connectivity index (χ4n) is 1.17. The zero-order valence-corrected chi connectivity index (χ0v) is 7.23. The lowest BCUT2D eigenvalue weighted by atomic mass is 10.2. The van der Waals surface area contributed by atoms with Crippen molar-refractivity contribution in [3.63, 3.8) is 0 Å². The summed E-state index contributed by atoms with van der Waals surface area (Å²) < 4.78 is 5.01. The number of hydrogen-bond acceptors (Lipinski definition) is 2. The predicted molar refractivity (Wildman–Crippen MR) is 49.6 cm³/mol. The van der Waals surface area contributed by atoms with Crippen LogP contribution >= 0.6 is 0 Å². The average molecular weight is 175 g/mol. The first-order valence-electron chi connectivity index (χ1n) is 3.97. The van der Waals surface area contributed by atoms with Gasteiger partial charge in [0.25, 0.3) is 5.91 Å². The summed E-state index contributed by atoms with van der Waals surface area (Å²) in [6.07, 6.45) is 3.27. The van der Waals surface area contributed by atoms with E-state index < -0.39 is 0 Å². The first-order valence-corrected chi connectivity index (χ1v) is 3.97. The molecule has 0 radical (unpaired) electrons. The second-order valence-corrected chi connectivity index (χ2v) is 2.72. The topological polar surface area (TPSA) is 29.5 Å². The third kappa shape index (κ3) is 1.28. The molecule has 0 aliphatic carbocycles. The number of benzene rings is 1. The van der Waals surface area contributed by atoms with Crippen LogP contribution in [0.1, 0.15) is 0 Å². The van der Waals surface area contributed by atoms with Crippen molar-refractivity contribution in [1.82, 2.24) is 0 Å². The Balaban J connectivity index is 2.23. The Labute approximate surface area is 76.2 Å². The molecular formula is C10H9NO2. The molecule has 0 atom stereocenters. The second-order valence-electron chi connectivity index (χ2n) is 2.72. The first-order chi connectivity index (χ1) is 6.31. The van der Waals surface area contributed by atoms with E-state index in [4.69, 9.17) is 4.74 Å². The minimum atomic E-state index is 0.0187. The normalized spacial score (nSPS) is 14.2. The zero-order valence-electron chi connectivity index (χ0n) is 7.23. The van der Waals surface area contributed by atoms with Gasteiger partial charge in [0.15, 0.2) is 0 Å². The number of carbonyl (C=O) groups excluding carboxylic acids is 1. The van der Waals surface area contributed by atoms with E-state index in [-0.39, 0.29) is 5.91 Å². The van der Waals surface area contributed by atoms with Crippen LogP contribution in [0.2, 0.25) is 0 Å². The lowest BCUT2D eigenvalue weighted by molar-refractivity contribution is -0.114. The van der Waals surface area contributed by atoms with Gasteiger partial charge in [-0.25, -0.2) is 0 Å². The molecule has 0 fully saturated rings. The molecule has 1 aromatic rings. The van der Waals surface area contributed by atoms with E-state index in [0.29, 0.717) is 0 Å². The summed E-state index contributed by atoms with van der Waals surface area (Å²) in [6.45, 7) is 0. The number of ether oxygens (including phenoxy) is 1. The first kappa shape index (κ1) is 7.86. The number of amides is 1. The molecule has 0 spiro atoms. The van der Waals surface area contributed by atoms with Gasteiger partial charge in [-0.2, -0.15) is 0 Å². The molecule has 1 aromatic carbocycles. The molecule has 13 heavy (non-hydrogen) atoms. The Morgan fingerprint density at radius 2 is 1.92 bits per heavy atom. The molecule has 0 saturated heterocycles. The molecule has 1 heterocycles. The van der Waals surface area contributed by atoms with Gasteiger partial charge in [0.05, 0.1) is 7.11 Å². The Morgan fingerprint density at radius 1 is 1.23 bits per heavy atom. The number of methoxy groups -OCH3 is 1. The summed E-state index contributed by atoms with van der Waals surface area (Å²) in [5.41, 5.74) is 0.869. The van der Waals surface area contributed by atoms with Crippen LogP contribution in [0.3, 0.4) is 0 Å². The van der Waals surface area contributed by atoms with Crippen molar-refractivity contribution in [2.24, 2.45) is 0 Å². The number of nitrogens with zero attached hydrogens (tertiary/aromatic N) is 1. The molecule has 1 amide bonds. The highest BCUT2D eigenvalue weighted by Gasteiger charge is 2.17. The number of rotatable bonds is 2. The fourth-order valence-corrected chi connectivity index (χ4v) is 1.17. The van der Waals surface area contributed by atoms with Crippen LogP contribution in [-0.2, 0) is 4.79 Å². The smallest absolute Gasteiger partial charge is 0.256 e. The summed E-state index contributed by atoms with van der Waals surface area (Å²) in [6, 6.07) is 7.35. The lowest BCUT2D eigenvalue weighted by Gasteiger charge is -2.22. The number of anilines is 1. The van der Waals surface area contributed by atoms with Crippen LogP contribution in [0.15, 0.2) is 36.5 Å². The van der Waals surface area contributed by atoms with Gasteiger partial charge in [-0.05, 0) is 24.3 Å². The zero-order chi connectivity index (χ0) is 9.26. The third-order valence-electron chi connectivity index (χ3n) is 1.95. The maximum atomic E-state index is 11.0. The van der Waals surface area contributed by atoms with E-state index >= 15 is 0 Å². The molecule has 2 rings (SSSR count). The van der Waals surface area contributed by atoms with E-state index in [9.17, 15) is 4.79 Å². The average Bonchev–Trinajstić information content (AvgIpc) is 2.17. The highest BCUT2D eigenvalue weighted by molar-refractivity contribution is 6.09. The Hall–Kier alpha value is -1.77. The van der Waals surface area contributed by atoms with E-state index in [1.54, 1.807) is 18.2 Å². The van der Waals surface area contributed by atoms with Crippen molar-refractivity contribution < 1.29 is 9.53 Å². The van der Waals surface area contributed by atoms with Crippen LogP contribution in [-0.4, -0.2) is 13.0 Å². The van der Waals surface area contributed by atoms with E-state index in [1.807, 2.05) is 24.3 Å². The summed E-state index contributed by atoms with van der Waals surface area (Å²) in [7, 11) is 1.61. The standard InChI is InChI=1S/C10H9NO2/c1-13-9-4-2-8(3-5-9)11-7-6-10(11)12/h2-7H,1H3. The lowest BCUT2D eigenvalue weighted by Crippen LogP contribution is -2.30. The second kappa shape index (κ2) is 2.94. The summed E-state index contributed by atoms with van der Waals surface area (Å²) in [5.74, 6) is 0.811. The fraction of sp³-hybridized carbons (Fsp3) is 0.100. The summed E-state index contributed by atoms with van der Waals surface area (Å²) >= 11 is 0. The minimum Gasteiger partial charge on any atom is -0.497 e. The minimum absolute atomic E-state index is 0.0187. The highest BCUT2D eigenvalue weighted by atomic mass is 16.5. The largest absolute Gasteiger partial charge is 0.497 e. The molecule has 66 valence electrons. The van der Waals surface area contributed by atoms with Gasteiger partial charge in [0.2, 0.25) is 0 Å². The summed E-state index contributed by atoms with van der Waals surface area (Å²) in [4.78, 5) is 12.6. The Kier molecular flexibility index (Phi) is 1.77. The van der Waals surface area contributed by atoms with Gasteiger partial charge < -0.3 is 4.74 Å². The Bertz CT molecular complexity index is 354. The molecule has 0 N–H and O–H groups in total. The maximum absolute atomic E-state index is 11.0. The van der Waals surface area contributed by atoms with E-state index in [1.165, 1.54) is 6.08 Å². The molecule has 1 aliphatic heterocycles. The van der Waals surface area contributed by atoms with Gasteiger partial charge in [0.1, 0.15) is 5.75 Å². The van der Waals surface area contributed by atoms with Crippen LogP contribution in [0.5, 0.6) is 5.75 Å². The molecule has 3 nitrogen and oxygen atoms in total. The van der Waals surface area contributed by atoms with Gasteiger partial charge in [-0.15, -0.1) is 0 Å². The SMILES string of the molecule is COc1ccc(N2C=CC2=O)cc1. The highest BCUT2D eigenvalue weighted by Crippen LogP contribution is 2.22. The predicted octanol–water partition coefficient (Wildman–Crippen LogP) is 1.56.